The van der Waals surface area contributed by atoms with E-state index >= 15 is 0 Å². The second kappa shape index (κ2) is 7.78. The highest BCUT2D eigenvalue weighted by atomic mass is 32.2. The van der Waals surface area contributed by atoms with Crippen LogP contribution in [0.15, 0.2) is 89.8 Å². The molecule has 0 aliphatic carbocycles. The first-order valence-electron chi connectivity index (χ1n) is 8.11. The molecule has 3 rings (SSSR count). The Morgan fingerprint density at radius 2 is 1.27 bits per heavy atom. The number of nitrogens with one attached hydrogen (secondary N) is 1. The second-order valence-electron chi connectivity index (χ2n) is 5.90. The first-order chi connectivity index (χ1) is 12.5. The van der Waals surface area contributed by atoms with Gasteiger partial charge in [0.2, 0.25) is 10.0 Å². The predicted molar refractivity (Wildman–Crippen MR) is 99.3 cm³/mol. The molecule has 0 heterocycles. The molecule has 2 atom stereocenters. The summed E-state index contributed by atoms with van der Waals surface area (Å²) in [7, 11) is -3.87. The molecule has 0 unspecified atom stereocenters. The van der Waals surface area contributed by atoms with E-state index in [4.69, 9.17) is 5.73 Å². The van der Waals surface area contributed by atoms with Crippen LogP contribution < -0.4 is 10.5 Å². The molecule has 3 N–H and O–H groups in total. The lowest BCUT2D eigenvalue weighted by atomic mass is 9.95. The van der Waals surface area contributed by atoms with Crippen LogP contribution in [-0.2, 0) is 10.0 Å². The molecule has 3 aromatic rings. The maximum Gasteiger partial charge on any atom is 0.241 e. The van der Waals surface area contributed by atoms with Gasteiger partial charge in [0, 0.05) is 0 Å². The van der Waals surface area contributed by atoms with Crippen molar-refractivity contribution >= 4 is 10.0 Å². The van der Waals surface area contributed by atoms with Gasteiger partial charge in [-0.05, 0) is 35.4 Å². The Morgan fingerprint density at radius 3 is 1.81 bits per heavy atom. The smallest absolute Gasteiger partial charge is 0.241 e. The van der Waals surface area contributed by atoms with Crippen molar-refractivity contribution in [1.82, 2.24) is 4.72 Å². The van der Waals surface area contributed by atoms with Crippen LogP contribution in [0.3, 0.4) is 0 Å². The molecule has 3 aromatic carbocycles. The zero-order chi connectivity index (χ0) is 18.6. The van der Waals surface area contributed by atoms with Crippen molar-refractivity contribution < 1.29 is 12.8 Å². The van der Waals surface area contributed by atoms with Crippen molar-refractivity contribution in [2.24, 2.45) is 5.73 Å². The summed E-state index contributed by atoms with van der Waals surface area (Å²) >= 11 is 0. The molecule has 4 nitrogen and oxygen atoms in total. The van der Waals surface area contributed by atoms with Gasteiger partial charge in [-0.15, -0.1) is 0 Å². The molecule has 0 bridgehead atoms. The van der Waals surface area contributed by atoms with Crippen LogP contribution in [-0.4, -0.2) is 8.42 Å². The van der Waals surface area contributed by atoms with Gasteiger partial charge in [-0.3, -0.25) is 0 Å². The summed E-state index contributed by atoms with van der Waals surface area (Å²) in [6.45, 7) is 0. The third kappa shape index (κ3) is 4.16. The van der Waals surface area contributed by atoms with Crippen molar-refractivity contribution in [3.8, 4) is 0 Å². The Balaban J connectivity index is 1.97. The monoisotopic (exact) mass is 370 g/mol. The molecular weight excluding hydrogens is 351 g/mol. The summed E-state index contributed by atoms with van der Waals surface area (Å²) in [5.41, 5.74) is 7.95. The van der Waals surface area contributed by atoms with Crippen LogP contribution in [0.5, 0.6) is 0 Å². The van der Waals surface area contributed by atoms with Gasteiger partial charge in [0.05, 0.1) is 17.0 Å². The number of hydrogen-bond acceptors (Lipinski definition) is 3. The van der Waals surface area contributed by atoms with E-state index in [-0.39, 0.29) is 4.90 Å². The van der Waals surface area contributed by atoms with Crippen LogP contribution in [0.2, 0.25) is 0 Å². The van der Waals surface area contributed by atoms with Crippen LogP contribution in [0, 0.1) is 5.82 Å². The van der Waals surface area contributed by atoms with Gasteiger partial charge in [-0.2, -0.15) is 0 Å². The third-order valence-electron chi connectivity index (χ3n) is 4.11. The maximum atomic E-state index is 13.1. The number of rotatable bonds is 6. The number of hydrogen-bond donors (Lipinski definition) is 2. The molecular formula is C20H19FN2O2S. The van der Waals surface area contributed by atoms with Crippen LogP contribution in [0.25, 0.3) is 0 Å². The minimum Gasteiger partial charge on any atom is -0.322 e. The number of nitrogens with two attached hydrogens (primary N) is 1. The van der Waals surface area contributed by atoms with E-state index in [1.54, 1.807) is 0 Å². The summed E-state index contributed by atoms with van der Waals surface area (Å²) in [5, 5.41) is 0. The molecule has 134 valence electrons. The highest BCUT2D eigenvalue weighted by Crippen LogP contribution is 2.28. The molecule has 0 aromatic heterocycles. The topological polar surface area (TPSA) is 72.2 Å². The fourth-order valence-electron chi connectivity index (χ4n) is 2.73. The van der Waals surface area contributed by atoms with Crippen LogP contribution >= 0.6 is 0 Å². The first kappa shape index (κ1) is 18.3. The van der Waals surface area contributed by atoms with E-state index in [0.29, 0.717) is 0 Å². The van der Waals surface area contributed by atoms with E-state index in [2.05, 4.69) is 4.72 Å². The Bertz CT molecular complexity index is 946. The fraction of sp³-hybridized carbons (Fsp3) is 0.100. The largest absolute Gasteiger partial charge is 0.322 e. The molecule has 0 aliphatic rings. The zero-order valence-electron chi connectivity index (χ0n) is 13.9. The van der Waals surface area contributed by atoms with Gasteiger partial charge in [-0.1, -0.05) is 60.7 Å². The number of benzene rings is 3. The molecule has 0 fully saturated rings. The lowest BCUT2D eigenvalue weighted by Gasteiger charge is -2.26. The van der Waals surface area contributed by atoms with Crippen molar-refractivity contribution in [2.45, 2.75) is 17.0 Å². The Kier molecular flexibility index (Phi) is 5.46. The lowest BCUT2D eigenvalue weighted by Crippen LogP contribution is -2.36. The molecule has 26 heavy (non-hydrogen) atoms. The molecule has 0 saturated carbocycles. The Hall–Kier alpha value is -2.54. The van der Waals surface area contributed by atoms with E-state index in [1.807, 2.05) is 60.7 Å². The van der Waals surface area contributed by atoms with Crippen LogP contribution in [0.1, 0.15) is 23.2 Å². The van der Waals surface area contributed by atoms with Crippen molar-refractivity contribution in [3.63, 3.8) is 0 Å². The molecule has 0 amide bonds. The predicted octanol–water partition coefficient (Wildman–Crippen LogP) is 3.55. The summed E-state index contributed by atoms with van der Waals surface area (Å²) in [4.78, 5) is -0.0138. The quantitative estimate of drug-likeness (QED) is 0.697. The summed E-state index contributed by atoms with van der Waals surface area (Å²) in [5.74, 6) is -0.496. The lowest BCUT2D eigenvalue weighted by molar-refractivity contribution is 0.504. The minimum atomic E-state index is -3.87. The van der Waals surface area contributed by atoms with Gasteiger partial charge in [-0.25, -0.2) is 17.5 Å². The summed E-state index contributed by atoms with van der Waals surface area (Å²) < 4.78 is 41.3. The molecule has 0 spiro atoms. The van der Waals surface area contributed by atoms with Crippen molar-refractivity contribution in [3.05, 3.63) is 102 Å². The summed E-state index contributed by atoms with van der Waals surface area (Å²) in [6, 6.07) is 21.9. The summed E-state index contributed by atoms with van der Waals surface area (Å²) in [6.07, 6.45) is 0. The molecule has 6 heteroatoms. The highest BCUT2D eigenvalue weighted by molar-refractivity contribution is 7.89. The van der Waals surface area contributed by atoms with Gasteiger partial charge in [0.25, 0.3) is 0 Å². The average Bonchev–Trinajstić information content (AvgIpc) is 2.67. The van der Waals surface area contributed by atoms with Gasteiger partial charge >= 0.3 is 0 Å². The number of halogens is 1. The van der Waals surface area contributed by atoms with E-state index in [1.165, 1.54) is 12.1 Å². The fourth-order valence-corrected chi connectivity index (χ4v) is 3.97. The van der Waals surface area contributed by atoms with E-state index in [0.717, 1.165) is 23.3 Å². The highest BCUT2D eigenvalue weighted by Gasteiger charge is 2.27. The maximum absolute atomic E-state index is 13.1. The van der Waals surface area contributed by atoms with Crippen molar-refractivity contribution in [2.75, 3.05) is 0 Å². The number of sulfonamides is 1. The molecule has 0 radical (unpaired) electrons. The van der Waals surface area contributed by atoms with Gasteiger partial charge in [0.1, 0.15) is 5.82 Å². The Labute approximate surface area is 152 Å². The zero-order valence-corrected chi connectivity index (χ0v) is 14.7. The second-order valence-corrected chi connectivity index (χ2v) is 7.61. The van der Waals surface area contributed by atoms with E-state index < -0.39 is 27.9 Å². The third-order valence-corrected chi connectivity index (χ3v) is 5.57. The normalized spacial score (nSPS) is 13.9. The van der Waals surface area contributed by atoms with Gasteiger partial charge in [0.15, 0.2) is 0 Å². The Morgan fingerprint density at radius 1 is 0.769 bits per heavy atom. The SMILES string of the molecule is N[C@H](c1ccccc1)[C@@H](NS(=O)(=O)c1ccc(F)cc1)c1ccccc1. The first-order valence-corrected chi connectivity index (χ1v) is 9.59. The van der Waals surface area contributed by atoms with Crippen molar-refractivity contribution in [1.29, 1.82) is 0 Å². The standard InChI is InChI=1S/C20H19FN2O2S/c21-17-11-13-18(14-12-17)26(24,25)23-20(16-9-5-2-6-10-16)19(22)15-7-3-1-4-8-15/h1-14,19-20,23H,22H2/t19-,20+/m1/s1. The average molecular weight is 370 g/mol. The molecule has 0 aliphatic heterocycles. The minimum absolute atomic E-state index is 0.0138. The molecule has 0 saturated heterocycles. The van der Waals surface area contributed by atoms with E-state index in [9.17, 15) is 12.8 Å². The van der Waals surface area contributed by atoms with Gasteiger partial charge < -0.3 is 5.73 Å². The van der Waals surface area contributed by atoms with Crippen LogP contribution in [0.4, 0.5) is 4.39 Å².